The van der Waals surface area contributed by atoms with Crippen molar-refractivity contribution in [1.29, 1.82) is 5.26 Å². The average Bonchev–Trinajstić information content (AvgIpc) is 3.95. The van der Waals surface area contributed by atoms with Crippen LogP contribution in [0.5, 0.6) is 0 Å². The van der Waals surface area contributed by atoms with E-state index in [1.807, 2.05) is 37.8 Å². The van der Waals surface area contributed by atoms with E-state index in [1.54, 1.807) is 0 Å². The minimum atomic E-state index is -1.45. The lowest BCUT2D eigenvalue weighted by Crippen LogP contribution is -2.44. The molecule has 7 aromatic rings. The van der Waals surface area contributed by atoms with E-state index < -0.39 is 8.24 Å². The Bertz CT molecular complexity index is 2500. The summed E-state index contributed by atoms with van der Waals surface area (Å²) in [6.45, 7) is 12.1. The normalized spacial score (nSPS) is 15.5. The molecule has 9 rings (SSSR count). The summed E-state index contributed by atoms with van der Waals surface area (Å²) in [5.41, 5.74) is 15.4. The Morgan fingerprint density at radius 1 is 0.594 bits per heavy atom. The smallest absolute Gasteiger partial charge is 0.185 e. The van der Waals surface area contributed by atoms with Crippen molar-refractivity contribution in [3.8, 4) is 6.07 Å². The van der Waals surface area contributed by atoms with Crippen molar-refractivity contribution in [2.75, 3.05) is 39.3 Å². The van der Waals surface area contributed by atoms with Crippen LogP contribution < -0.4 is 0 Å². The Labute approximate surface area is 412 Å². The average molecular weight is 935 g/mol. The molecule has 1 N–H and O–H groups in total. The molecule has 0 radical (unpaired) electrons. The Morgan fingerprint density at radius 3 is 1.28 bits per heavy atom. The van der Waals surface area contributed by atoms with Gasteiger partial charge in [-0.15, -0.1) is 15.0 Å². The monoisotopic (exact) mass is 935 g/mol. The number of nitrogens with zero attached hydrogens (tertiary/aromatic N) is 9. The van der Waals surface area contributed by atoms with E-state index >= 15 is 0 Å². The molecule has 0 amide bonds. The van der Waals surface area contributed by atoms with Crippen LogP contribution in [0.4, 0.5) is 0 Å². The first kappa shape index (κ1) is 51.7. The topological polar surface area (TPSA) is 133 Å². The van der Waals surface area contributed by atoms with Crippen LogP contribution in [-0.4, -0.2) is 77.9 Å². The van der Waals surface area contributed by atoms with Crippen LogP contribution in [0.2, 0.25) is 19.6 Å². The molecule has 356 valence electrons. The van der Waals surface area contributed by atoms with Crippen molar-refractivity contribution in [3.05, 3.63) is 232 Å². The van der Waals surface area contributed by atoms with Gasteiger partial charge in [-0.25, -0.2) is 0 Å². The third kappa shape index (κ3) is 14.2. The maximum atomic E-state index is 9.93. The molecule has 2 saturated heterocycles. The molecule has 6 aromatic carbocycles. The molecule has 1 aromatic heterocycles. The first-order valence-electron chi connectivity index (χ1n) is 24.2. The number of aromatic nitrogens is 4. The molecule has 2 aliphatic heterocycles. The minimum absolute atomic E-state index is 0. The lowest BCUT2D eigenvalue weighted by atomic mass is 9.72. The summed E-state index contributed by atoms with van der Waals surface area (Å²) in [6, 6.07) is 67.1. The molecule has 2 aliphatic rings. The van der Waals surface area contributed by atoms with Gasteiger partial charge >= 0.3 is 0 Å². The van der Waals surface area contributed by atoms with E-state index in [1.165, 1.54) is 33.4 Å². The second kappa shape index (κ2) is 25.6. The largest absolute Gasteiger partial charge is 0.303 e. The van der Waals surface area contributed by atoms with Crippen LogP contribution in [0.15, 0.2) is 187 Å². The fourth-order valence-electron chi connectivity index (χ4n) is 9.85. The predicted molar refractivity (Wildman–Crippen MR) is 284 cm³/mol. The minimum Gasteiger partial charge on any atom is -0.303 e. The van der Waals surface area contributed by atoms with Crippen LogP contribution in [0.25, 0.3) is 10.4 Å². The maximum Gasteiger partial charge on any atom is 0.185 e. The van der Waals surface area contributed by atoms with Crippen LogP contribution in [0, 0.1) is 11.3 Å². The van der Waals surface area contributed by atoms with Gasteiger partial charge < -0.3 is 9.80 Å². The summed E-state index contributed by atoms with van der Waals surface area (Å²) in [5.74, 6) is 1.64. The molecular weight excluding hydrogens is 865 g/mol. The first-order chi connectivity index (χ1) is 33.2. The SMILES string of the molecule is C.C[Si](C)(C)N=[N+]=[N-].N#CC1(c2ccccc2)CCN(CCC(c2ccccc2)c2ccccc2)CC1.c1ccc(C(CCN2CCC(c3ccccc3)(c3nn[nH]n3)CC2)c2ccccc2)cc1. The molecule has 10 nitrogen and oxygen atoms in total. The third-order valence-corrected chi connectivity index (χ3v) is 14.4. The highest BCUT2D eigenvalue weighted by Crippen LogP contribution is 2.40. The van der Waals surface area contributed by atoms with E-state index in [0.717, 1.165) is 83.6 Å². The summed E-state index contributed by atoms with van der Waals surface area (Å²) >= 11 is 0. The van der Waals surface area contributed by atoms with Crippen molar-refractivity contribution in [2.24, 2.45) is 4.78 Å². The summed E-state index contributed by atoms with van der Waals surface area (Å²) in [4.78, 5) is 7.83. The van der Waals surface area contributed by atoms with E-state index in [4.69, 9.17) is 5.53 Å². The lowest BCUT2D eigenvalue weighted by molar-refractivity contribution is 0.171. The molecule has 0 bridgehead atoms. The number of hydrogen-bond donors (Lipinski definition) is 1. The highest BCUT2D eigenvalue weighted by molar-refractivity contribution is 6.74. The first-order valence-corrected chi connectivity index (χ1v) is 27.6. The van der Waals surface area contributed by atoms with Gasteiger partial charge in [0.05, 0.1) is 16.9 Å². The number of aromatic amines is 1. The zero-order valence-electron chi connectivity index (χ0n) is 40.0. The fourth-order valence-corrected chi connectivity index (χ4v) is 10.1. The molecule has 11 heteroatoms. The molecule has 0 spiro atoms. The molecule has 0 aliphatic carbocycles. The Hall–Kier alpha value is -6.67. The summed E-state index contributed by atoms with van der Waals surface area (Å²) in [7, 11) is -1.45. The highest BCUT2D eigenvalue weighted by Gasteiger charge is 2.41. The van der Waals surface area contributed by atoms with Crippen molar-refractivity contribution < 1.29 is 0 Å². The number of nitriles is 1. The van der Waals surface area contributed by atoms with E-state index in [0.29, 0.717) is 11.8 Å². The number of benzene rings is 6. The third-order valence-electron chi connectivity index (χ3n) is 13.7. The van der Waals surface area contributed by atoms with E-state index in [9.17, 15) is 5.26 Å². The fraction of sp³-hybridized carbons (Fsp3) is 0.345. The van der Waals surface area contributed by atoms with Crippen LogP contribution in [0.3, 0.4) is 0 Å². The van der Waals surface area contributed by atoms with E-state index in [2.05, 4.69) is 210 Å². The van der Waals surface area contributed by atoms with Gasteiger partial charge in [-0.05, 0) is 122 Å². The molecule has 0 saturated carbocycles. The van der Waals surface area contributed by atoms with Crippen molar-refractivity contribution >= 4 is 8.24 Å². The molecule has 0 unspecified atom stereocenters. The number of hydrogen-bond acceptors (Lipinski definition) is 7. The standard InChI is InChI=1S/C27H29N5.C27H28N2.C3H9N3Si.CH4/c1-4-10-22(11-5-1)25(23-12-6-2-7-13-23)16-19-32-20-17-27(18-21-32,26-28-30-31-29-26)24-14-8-3-9-15-24;28-22-27(25-14-8-3-9-15-25)17-20-29(21-18-27)19-16-26(23-10-4-1-5-11-23)24-12-6-2-7-13-24;1-7(2,3)6-5-4;/h1-15,25H,16-21H2,(H,28,29,30,31);1-15,26H,16-21H2;1-3H3;1H4. The second-order valence-electron chi connectivity index (χ2n) is 19.1. The van der Waals surface area contributed by atoms with Gasteiger partial charge in [0.2, 0.25) is 0 Å². The molecule has 3 heterocycles. The summed E-state index contributed by atoms with van der Waals surface area (Å²) in [5, 5.41) is 25.3. The van der Waals surface area contributed by atoms with Crippen LogP contribution in [0.1, 0.15) is 97.0 Å². The Kier molecular flexibility index (Phi) is 19.2. The number of rotatable bonds is 14. The molecular formula is C58H70N10Si. The Morgan fingerprint density at radius 2 is 0.957 bits per heavy atom. The highest BCUT2D eigenvalue weighted by atomic mass is 28.3. The van der Waals surface area contributed by atoms with Gasteiger partial charge in [-0.2, -0.15) is 10.5 Å². The van der Waals surface area contributed by atoms with Crippen molar-refractivity contribution in [1.82, 2.24) is 30.4 Å². The van der Waals surface area contributed by atoms with Gasteiger partial charge in [-0.3, -0.25) is 0 Å². The number of tetrazole rings is 1. The number of H-pyrrole nitrogens is 1. The van der Waals surface area contributed by atoms with Crippen molar-refractivity contribution in [3.63, 3.8) is 0 Å². The number of azide groups is 1. The lowest BCUT2D eigenvalue weighted by Gasteiger charge is -2.40. The number of piperidine rings is 2. The van der Waals surface area contributed by atoms with Gasteiger partial charge in [0, 0.05) is 11.8 Å². The maximum absolute atomic E-state index is 9.93. The van der Waals surface area contributed by atoms with Crippen LogP contribution >= 0.6 is 0 Å². The number of nitrogens with one attached hydrogen (secondary N) is 1. The predicted octanol–water partition coefficient (Wildman–Crippen LogP) is 13.3. The zero-order chi connectivity index (χ0) is 47.5. The second-order valence-corrected chi connectivity index (χ2v) is 23.7. The quantitative estimate of drug-likeness (QED) is 0.0500. The molecule has 2 fully saturated rings. The van der Waals surface area contributed by atoms with Gasteiger partial charge in [-0.1, -0.05) is 214 Å². The summed E-state index contributed by atoms with van der Waals surface area (Å²) in [6.07, 6.45) is 6.02. The zero-order valence-corrected chi connectivity index (χ0v) is 41.0. The summed E-state index contributed by atoms with van der Waals surface area (Å²) < 4.78 is 3.58. The van der Waals surface area contributed by atoms with E-state index in [-0.39, 0.29) is 18.3 Å². The van der Waals surface area contributed by atoms with Gasteiger partial charge in [0.1, 0.15) is 8.24 Å². The molecule has 0 atom stereocenters. The number of likely N-dealkylation sites (tertiary alicyclic amines) is 2. The van der Waals surface area contributed by atoms with Crippen LogP contribution in [-0.2, 0) is 10.8 Å². The van der Waals surface area contributed by atoms with Gasteiger partial charge in [0.25, 0.3) is 0 Å². The Balaban J connectivity index is 0.000000198. The molecule has 69 heavy (non-hydrogen) atoms. The van der Waals surface area contributed by atoms with Gasteiger partial charge in [0.15, 0.2) is 5.82 Å². The van der Waals surface area contributed by atoms with Crippen molar-refractivity contribution in [2.45, 2.75) is 88.3 Å².